The molecule has 0 fully saturated rings. The van der Waals surface area contributed by atoms with Crippen molar-refractivity contribution < 1.29 is 8.42 Å². The molecule has 1 aromatic carbocycles. The summed E-state index contributed by atoms with van der Waals surface area (Å²) in [4.78, 5) is 1.94. The van der Waals surface area contributed by atoms with Crippen LogP contribution in [-0.2, 0) is 14.8 Å². The lowest BCUT2D eigenvalue weighted by Crippen LogP contribution is -2.08. The van der Waals surface area contributed by atoms with Crippen LogP contribution >= 0.6 is 10.7 Å². The lowest BCUT2D eigenvalue weighted by atomic mass is 10.2. The standard InChI is InChI=1S/C9H12ClNO2S/c1-11(2)9-5-3-8(4-6-9)7-14(10,12)13/h3-6H,7H2,1-2H3. The van der Waals surface area contributed by atoms with E-state index in [1.807, 2.05) is 31.1 Å². The van der Waals surface area contributed by atoms with E-state index in [-0.39, 0.29) is 5.75 Å². The van der Waals surface area contributed by atoms with Gasteiger partial charge >= 0.3 is 0 Å². The fourth-order valence-electron chi connectivity index (χ4n) is 1.09. The van der Waals surface area contributed by atoms with Crippen LogP contribution in [0.2, 0.25) is 0 Å². The normalized spacial score (nSPS) is 11.4. The molecule has 0 N–H and O–H groups in total. The molecule has 0 aliphatic rings. The van der Waals surface area contributed by atoms with Gasteiger partial charge in [-0.3, -0.25) is 0 Å². The molecule has 1 rings (SSSR count). The number of halogens is 1. The lowest BCUT2D eigenvalue weighted by molar-refractivity contribution is 0.609. The molecule has 0 aromatic heterocycles. The monoisotopic (exact) mass is 233 g/mol. The first kappa shape index (κ1) is 11.3. The van der Waals surface area contributed by atoms with E-state index in [1.54, 1.807) is 12.1 Å². The van der Waals surface area contributed by atoms with E-state index in [0.29, 0.717) is 5.56 Å². The van der Waals surface area contributed by atoms with Crippen LogP contribution in [0.1, 0.15) is 5.56 Å². The number of hydrogen-bond donors (Lipinski definition) is 0. The highest BCUT2D eigenvalue weighted by molar-refractivity contribution is 8.13. The molecule has 14 heavy (non-hydrogen) atoms. The van der Waals surface area contributed by atoms with Crippen molar-refractivity contribution in [3.63, 3.8) is 0 Å². The Balaban J connectivity index is 2.84. The van der Waals surface area contributed by atoms with Crippen molar-refractivity contribution in [2.45, 2.75) is 5.75 Å². The Morgan fingerprint density at radius 3 is 2.07 bits per heavy atom. The minimum absolute atomic E-state index is 0.123. The molecule has 78 valence electrons. The van der Waals surface area contributed by atoms with Gasteiger partial charge in [-0.25, -0.2) is 8.42 Å². The summed E-state index contributed by atoms with van der Waals surface area (Å²) in [5.74, 6) is -0.123. The molecular weight excluding hydrogens is 222 g/mol. The molecule has 0 spiro atoms. The molecule has 0 saturated heterocycles. The van der Waals surface area contributed by atoms with Crippen LogP contribution in [0.3, 0.4) is 0 Å². The Hall–Kier alpha value is -0.740. The van der Waals surface area contributed by atoms with Gasteiger partial charge in [0.2, 0.25) is 9.05 Å². The Bertz CT molecular complexity index is 397. The zero-order chi connectivity index (χ0) is 10.8. The van der Waals surface area contributed by atoms with Crippen LogP contribution in [-0.4, -0.2) is 22.5 Å². The van der Waals surface area contributed by atoms with Gasteiger partial charge in [-0.15, -0.1) is 0 Å². The molecule has 3 nitrogen and oxygen atoms in total. The van der Waals surface area contributed by atoms with Crippen molar-refractivity contribution in [2.24, 2.45) is 0 Å². The molecule has 0 saturated carbocycles. The van der Waals surface area contributed by atoms with Gasteiger partial charge in [0, 0.05) is 30.5 Å². The Labute approximate surface area is 88.7 Å². The van der Waals surface area contributed by atoms with Gasteiger partial charge in [-0.05, 0) is 17.7 Å². The van der Waals surface area contributed by atoms with E-state index in [0.717, 1.165) is 5.69 Å². The zero-order valence-electron chi connectivity index (χ0n) is 8.07. The maximum absolute atomic E-state index is 10.8. The van der Waals surface area contributed by atoms with E-state index in [4.69, 9.17) is 10.7 Å². The summed E-state index contributed by atoms with van der Waals surface area (Å²) in [5.41, 5.74) is 1.73. The predicted octanol–water partition coefficient (Wildman–Crippen LogP) is 1.82. The van der Waals surface area contributed by atoms with Crippen molar-refractivity contribution in [1.29, 1.82) is 0 Å². The van der Waals surface area contributed by atoms with E-state index in [9.17, 15) is 8.42 Å². The maximum atomic E-state index is 10.8. The van der Waals surface area contributed by atoms with Crippen LogP contribution in [0.4, 0.5) is 5.69 Å². The van der Waals surface area contributed by atoms with Gasteiger partial charge in [0.1, 0.15) is 0 Å². The minimum Gasteiger partial charge on any atom is -0.378 e. The van der Waals surface area contributed by atoms with Crippen molar-refractivity contribution in [1.82, 2.24) is 0 Å². The van der Waals surface area contributed by atoms with Crippen molar-refractivity contribution >= 4 is 25.4 Å². The Morgan fingerprint density at radius 1 is 1.21 bits per heavy atom. The average Bonchev–Trinajstić information content (AvgIpc) is 2.02. The summed E-state index contributed by atoms with van der Waals surface area (Å²) in [7, 11) is 5.53. The van der Waals surface area contributed by atoms with Crippen LogP contribution in [0.5, 0.6) is 0 Å². The third-order valence-electron chi connectivity index (χ3n) is 1.79. The second-order valence-corrected chi connectivity index (χ2v) is 6.02. The van der Waals surface area contributed by atoms with E-state index >= 15 is 0 Å². The molecule has 0 amide bonds. The second kappa shape index (κ2) is 4.19. The highest BCUT2D eigenvalue weighted by Crippen LogP contribution is 2.15. The second-order valence-electron chi connectivity index (χ2n) is 3.24. The van der Waals surface area contributed by atoms with Gasteiger partial charge in [-0.2, -0.15) is 0 Å². The molecule has 0 radical (unpaired) electrons. The molecule has 1 aromatic rings. The molecule has 0 atom stereocenters. The largest absolute Gasteiger partial charge is 0.378 e. The number of benzene rings is 1. The van der Waals surface area contributed by atoms with Crippen LogP contribution in [0.25, 0.3) is 0 Å². The van der Waals surface area contributed by atoms with Crippen LogP contribution < -0.4 is 4.90 Å². The minimum atomic E-state index is -3.45. The first-order valence-electron chi connectivity index (χ1n) is 4.07. The van der Waals surface area contributed by atoms with Gasteiger partial charge in [0.15, 0.2) is 0 Å². The molecule has 0 aliphatic carbocycles. The summed E-state index contributed by atoms with van der Waals surface area (Å²) in [5, 5.41) is 0. The molecule has 0 bridgehead atoms. The first-order chi connectivity index (χ1) is 6.38. The van der Waals surface area contributed by atoms with Gasteiger partial charge in [0.25, 0.3) is 0 Å². The smallest absolute Gasteiger partial charge is 0.236 e. The maximum Gasteiger partial charge on any atom is 0.236 e. The number of anilines is 1. The topological polar surface area (TPSA) is 37.4 Å². The Kier molecular flexibility index (Phi) is 3.39. The average molecular weight is 234 g/mol. The third kappa shape index (κ3) is 3.55. The van der Waals surface area contributed by atoms with Crippen LogP contribution in [0, 0.1) is 0 Å². The number of nitrogens with zero attached hydrogens (tertiary/aromatic N) is 1. The molecule has 0 unspecified atom stereocenters. The van der Waals surface area contributed by atoms with Gasteiger partial charge < -0.3 is 4.90 Å². The summed E-state index contributed by atoms with van der Waals surface area (Å²) in [6.45, 7) is 0. The SMILES string of the molecule is CN(C)c1ccc(CS(=O)(=O)Cl)cc1. The zero-order valence-corrected chi connectivity index (χ0v) is 9.64. The van der Waals surface area contributed by atoms with Crippen molar-refractivity contribution in [3.05, 3.63) is 29.8 Å². The lowest BCUT2D eigenvalue weighted by Gasteiger charge is -2.12. The molecule has 5 heteroatoms. The van der Waals surface area contributed by atoms with E-state index in [2.05, 4.69) is 0 Å². The highest BCUT2D eigenvalue weighted by atomic mass is 35.7. The van der Waals surface area contributed by atoms with Gasteiger partial charge in [-0.1, -0.05) is 12.1 Å². The van der Waals surface area contributed by atoms with Gasteiger partial charge in [0.05, 0.1) is 5.75 Å². The Morgan fingerprint density at radius 2 is 1.71 bits per heavy atom. The quantitative estimate of drug-likeness (QED) is 0.748. The summed E-state index contributed by atoms with van der Waals surface area (Å²) in [6.07, 6.45) is 0. The van der Waals surface area contributed by atoms with E-state index < -0.39 is 9.05 Å². The van der Waals surface area contributed by atoms with Crippen molar-refractivity contribution in [2.75, 3.05) is 19.0 Å². The molecular formula is C9H12ClNO2S. The first-order valence-corrected chi connectivity index (χ1v) is 6.55. The number of hydrogen-bond acceptors (Lipinski definition) is 3. The van der Waals surface area contributed by atoms with E-state index in [1.165, 1.54) is 0 Å². The van der Waals surface area contributed by atoms with Crippen molar-refractivity contribution in [3.8, 4) is 0 Å². The fourth-order valence-corrected chi connectivity index (χ4v) is 2.06. The predicted molar refractivity (Wildman–Crippen MR) is 59.2 cm³/mol. The summed E-state index contributed by atoms with van der Waals surface area (Å²) in [6, 6.07) is 7.24. The highest BCUT2D eigenvalue weighted by Gasteiger charge is 2.06. The fraction of sp³-hybridized carbons (Fsp3) is 0.333. The number of rotatable bonds is 3. The molecule has 0 aliphatic heterocycles. The summed E-state index contributed by atoms with van der Waals surface area (Å²) >= 11 is 0. The van der Waals surface area contributed by atoms with Crippen LogP contribution in [0.15, 0.2) is 24.3 Å². The molecule has 0 heterocycles. The summed E-state index contributed by atoms with van der Waals surface area (Å²) < 4.78 is 21.5. The third-order valence-corrected chi connectivity index (χ3v) is 2.80.